The number of allylic oxidation sites excluding steroid dienone is 1. The van der Waals surface area contributed by atoms with Crippen LogP contribution in [-0.4, -0.2) is 23.1 Å². The van der Waals surface area contributed by atoms with Crippen molar-refractivity contribution in [2.75, 3.05) is 13.1 Å². The highest BCUT2D eigenvalue weighted by atomic mass is 35.5. The largest absolute Gasteiger partial charge is 0.371 e. The Morgan fingerprint density at radius 2 is 1.95 bits per heavy atom. The minimum atomic E-state index is 0.0154. The number of benzene rings is 1. The number of thiocarbonyl (C=S) groups is 1. The number of nitrogens with one attached hydrogen (secondary N) is 2. The Labute approximate surface area is 139 Å². The van der Waals surface area contributed by atoms with Crippen LogP contribution in [0, 0.1) is 5.92 Å². The van der Waals surface area contributed by atoms with Crippen LogP contribution in [0.2, 0.25) is 10.0 Å². The first-order valence-corrected chi connectivity index (χ1v) is 8.31. The molecule has 1 fully saturated rings. The minimum Gasteiger partial charge on any atom is -0.371 e. The first-order valence-electron chi connectivity index (χ1n) is 7.15. The van der Waals surface area contributed by atoms with Gasteiger partial charge in [0.1, 0.15) is 0 Å². The molecule has 4 aliphatic heterocycles. The van der Waals surface area contributed by atoms with Crippen LogP contribution in [0.5, 0.6) is 0 Å². The van der Waals surface area contributed by atoms with Gasteiger partial charge in [-0.1, -0.05) is 29.3 Å². The normalized spacial score (nSPS) is 24.8. The molecule has 0 unspecified atom stereocenters. The first-order chi connectivity index (χ1) is 10.1. The highest BCUT2D eigenvalue weighted by Crippen LogP contribution is 2.43. The van der Waals surface area contributed by atoms with Crippen LogP contribution in [0.3, 0.4) is 0 Å². The summed E-state index contributed by atoms with van der Waals surface area (Å²) in [4.78, 5) is 2.45. The first kappa shape index (κ1) is 13.7. The zero-order valence-electron chi connectivity index (χ0n) is 11.3. The number of hydrogen-bond acceptors (Lipinski definition) is 2. The van der Waals surface area contributed by atoms with Crippen molar-refractivity contribution in [3.05, 3.63) is 45.2 Å². The van der Waals surface area contributed by atoms with Crippen molar-refractivity contribution in [2.45, 2.75) is 18.9 Å². The molecule has 3 nitrogen and oxygen atoms in total. The average molecular weight is 340 g/mol. The molecule has 1 saturated heterocycles. The van der Waals surface area contributed by atoms with Crippen LogP contribution in [0.1, 0.15) is 24.4 Å². The fourth-order valence-corrected chi connectivity index (χ4v) is 4.36. The molecule has 1 aromatic carbocycles. The van der Waals surface area contributed by atoms with E-state index < -0.39 is 0 Å². The summed E-state index contributed by atoms with van der Waals surface area (Å²) in [6.07, 6.45) is 2.41. The van der Waals surface area contributed by atoms with Crippen molar-refractivity contribution in [3.63, 3.8) is 0 Å². The molecule has 0 aliphatic carbocycles. The quantitative estimate of drug-likeness (QED) is 0.766. The highest BCUT2D eigenvalue weighted by Gasteiger charge is 2.40. The molecule has 0 saturated carbocycles. The molecule has 110 valence electrons. The second kappa shape index (κ2) is 5.04. The summed E-state index contributed by atoms with van der Waals surface area (Å²) >= 11 is 17.8. The number of fused-ring (bicyclic) bond motifs is 2. The van der Waals surface area contributed by atoms with Crippen molar-refractivity contribution in [2.24, 2.45) is 5.92 Å². The standard InChI is InChI=1S/C15H15Cl2N3S/c16-9-1-2-10(11(17)7-9)13-14-12(18-15(21)19-13)8-3-5-20(14)6-4-8/h1-2,7-8,13H,3-6H2,(H2,18,19,21)/t13-/m0/s1. The molecule has 6 heteroatoms. The van der Waals surface area contributed by atoms with E-state index in [2.05, 4.69) is 15.5 Å². The third kappa shape index (κ3) is 2.20. The molecule has 2 N–H and O–H groups in total. The van der Waals surface area contributed by atoms with Gasteiger partial charge in [-0.15, -0.1) is 0 Å². The summed E-state index contributed by atoms with van der Waals surface area (Å²) in [5.74, 6) is 0.596. The van der Waals surface area contributed by atoms with E-state index in [4.69, 9.17) is 35.4 Å². The maximum atomic E-state index is 6.41. The van der Waals surface area contributed by atoms with Crippen LogP contribution in [-0.2, 0) is 0 Å². The summed E-state index contributed by atoms with van der Waals surface area (Å²) in [5.41, 5.74) is 3.62. The fourth-order valence-electron chi connectivity index (χ4n) is 3.61. The van der Waals surface area contributed by atoms with E-state index in [-0.39, 0.29) is 6.04 Å². The molecule has 1 atom stereocenters. The number of nitrogens with zero attached hydrogens (tertiary/aromatic N) is 1. The summed E-state index contributed by atoms with van der Waals surface area (Å²) in [5, 5.41) is 8.75. The summed E-state index contributed by atoms with van der Waals surface area (Å²) in [6, 6.07) is 5.68. The molecular weight excluding hydrogens is 325 g/mol. The van der Waals surface area contributed by atoms with E-state index in [0.29, 0.717) is 21.1 Å². The van der Waals surface area contributed by atoms with Gasteiger partial charge in [0.25, 0.3) is 0 Å². The van der Waals surface area contributed by atoms with Crippen molar-refractivity contribution in [1.29, 1.82) is 0 Å². The van der Waals surface area contributed by atoms with Crippen LogP contribution >= 0.6 is 35.4 Å². The lowest BCUT2D eigenvalue weighted by molar-refractivity contribution is 0.181. The smallest absolute Gasteiger partial charge is 0.171 e. The van der Waals surface area contributed by atoms with Crippen LogP contribution in [0.25, 0.3) is 0 Å². The molecule has 0 spiro atoms. The Hall–Kier alpha value is -0.970. The summed E-state index contributed by atoms with van der Waals surface area (Å²) < 4.78 is 0. The van der Waals surface area contributed by atoms with Crippen LogP contribution in [0.4, 0.5) is 0 Å². The Bertz CT molecular complexity index is 650. The SMILES string of the molecule is S=C1NC2=C([C@H](c3ccc(Cl)cc3Cl)N1)N1CCC2CC1. The third-order valence-corrected chi connectivity index (χ3v) is 5.37. The Balaban J connectivity index is 1.83. The lowest BCUT2D eigenvalue weighted by atomic mass is 9.83. The maximum Gasteiger partial charge on any atom is 0.171 e. The number of halogens is 2. The van der Waals surface area contributed by atoms with Crippen molar-refractivity contribution >= 4 is 40.5 Å². The van der Waals surface area contributed by atoms with Crippen molar-refractivity contribution < 1.29 is 0 Å². The average Bonchev–Trinajstić information content (AvgIpc) is 2.47. The zero-order valence-corrected chi connectivity index (χ0v) is 13.7. The number of rotatable bonds is 1. The van der Waals surface area contributed by atoms with Gasteiger partial charge in [0, 0.05) is 34.7 Å². The third-order valence-electron chi connectivity index (χ3n) is 4.59. The molecule has 1 aromatic rings. The second-order valence-electron chi connectivity index (χ2n) is 5.76. The van der Waals surface area contributed by atoms with Gasteiger partial charge in [0.15, 0.2) is 5.11 Å². The Morgan fingerprint density at radius 1 is 1.19 bits per heavy atom. The summed E-state index contributed by atoms with van der Waals surface area (Å²) in [7, 11) is 0. The molecule has 0 aromatic heterocycles. The molecule has 4 aliphatic rings. The minimum absolute atomic E-state index is 0.0154. The fraction of sp³-hybridized carbons (Fsp3) is 0.400. The Morgan fingerprint density at radius 3 is 2.67 bits per heavy atom. The predicted octanol–water partition coefficient (Wildman–Crippen LogP) is 3.45. The van der Waals surface area contributed by atoms with E-state index in [9.17, 15) is 0 Å². The van der Waals surface area contributed by atoms with E-state index in [1.807, 2.05) is 12.1 Å². The lowest BCUT2D eigenvalue weighted by Gasteiger charge is -2.49. The van der Waals surface area contributed by atoms with Gasteiger partial charge < -0.3 is 15.5 Å². The van der Waals surface area contributed by atoms with E-state index in [0.717, 1.165) is 18.7 Å². The molecule has 2 bridgehead atoms. The van der Waals surface area contributed by atoms with E-state index >= 15 is 0 Å². The topological polar surface area (TPSA) is 27.3 Å². The Kier molecular flexibility index (Phi) is 3.28. The van der Waals surface area contributed by atoms with E-state index in [1.165, 1.54) is 24.2 Å². The van der Waals surface area contributed by atoms with Gasteiger partial charge in [0.05, 0.1) is 11.7 Å². The maximum absolute atomic E-state index is 6.41. The highest BCUT2D eigenvalue weighted by molar-refractivity contribution is 7.80. The molecule has 4 heterocycles. The second-order valence-corrected chi connectivity index (χ2v) is 7.01. The summed E-state index contributed by atoms with van der Waals surface area (Å²) in [6.45, 7) is 2.22. The van der Waals surface area contributed by atoms with Gasteiger partial charge in [-0.25, -0.2) is 0 Å². The number of piperidine rings is 1. The number of hydrogen-bond donors (Lipinski definition) is 2. The van der Waals surface area contributed by atoms with Gasteiger partial charge in [-0.05, 0) is 42.8 Å². The van der Waals surface area contributed by atoms with Gasteiger partial charge in [0.2, 0.25) is 0 Å². The van der Waals surface area contributed by atoms with E-state index in [1.54, 1.807) is 6.07 Å². The lowest BCUT2D eigenvalue weighted by Crippen LogP contribution is -2.55. The molecule has 21 heavy (non-hydrogen) atoms. The van der Waals surface area contributed by atoms with Gasteiger partial charge in [-0.3, -0.25) is 0 Å². The molecule has 0 amide bonds. The molecular formula is C15H15Cl2N3S. The van der Waals surface area contributed by atoms with Gasteiger partial charge >= 0.3 is 0 Å². The molecule has 0 radical (unpaired) electrons. The molecule has 5 rings (SSSR count). The van der Waals surface area contributed by atoms with Crippen molar-refractivity contribution in [3.8, 4) is 0 Å². The van der Waals surface area contributed by atoms with Crippen LogP contribution < -0.4 is 10.6 Å². The van der Waals surface area contributed by atoms with Crippen molar-refractivity contribution in [1.82, 2.24) is 15.5 Å². The van der Waals surface area contributed by atoms with Crippen LogP contribution in [0.15, 0.2) is 29.6 Å². The monoisotopic (exact) mass is 339 g/mol. The zero-order chi connectivity index (χ0) is 14.6. The van der Waals surface area contributed by atoms with Gasteiger partial charge in [-0.2, -0.15) is 0 Å². The predicted molar refractivity (Wildman–Crippen MR) is 89.4 cm³/mol.